The molecular formula is C32H44NO2S-. The fraction of sp³-hybridized carbons (Fsp3) is 0.500. The summed E-state index contributed by atoms with van der Waals surface area (Å²) in [5.74, 6) is 0. The van der Waals surface area contributed by atoms with Crippen LogP contribution in [0.15, 0.2) is 60.7 Å². The van der Waals surface area contributed by atoms with Crippen molar-refractivity contribution >= 4 is 43.6 Å². The van der Waals surface area contributed by atoms with Crippen LogP contribution >= 0.6 is 0 Å². The SMILES string of the molecule is CCCCCCCCCCCCCCCCNS(=O)[O-].c1cc2ccc3cccc4ccc(c1)c2c34. The van der Waals surface area contributed by atoms with Crippen LogP contribution in [0.1, 0.15) is 96.8 Å². The monoisotopic (exact) mass is 506 g/mol. The molecule has 0 amide bonds. The summed E-state index contributed by atoms with van der Waals surface area (Å²) in [6.07, 6.45) is 18.6. The second-order valence-corrected chi connectivity index (χ2v) is 10.8. The van der Waals surface area contributed by atoms with Gasteiger partial charge in [-0.05, 0) is 38.7 Å². The van der Waals surface area contributed by atoms with Crippen molar-refractivity contribution in [1.29, 1.82) is 0 Å². The Morgan fingerprint density at radius 2 is 0.889 bits per heavy atom. The van der Waals surface area contributed by atoms with Crippen LogP contribution in [0.4, 0.5) is 0 Å². The molecule has 4 aromatic carbocycles. The lowest BCUT2D eigenvalue weighted by Gasteiger charge is -2.09. The Labute approximate surface area is 220 Å². The van der Waals surface area contributed by atoms with Crippen LogP contribution in [0.25, 0.3) is 32.3 Å². The van der Waals surface area contributed by atoms with E-state index in [0.29, 0.717) is 6.54 Å². The van der Waals surface area contributed by atoms with E-state index in [2.05, 4.69) is 72.3 Å². The fourth-order valence-electron chi connectivity index (χ4n) is 5.14. The lowest BCUT2D eigenvalue weighted by Crippen LogP contribution is -2.17. The Morgan fingerprint density at radius 3 is 1.22 bits per heavy atom. The average Bonchev–Trinajstić information content (AvgIpc) is 2.90. The molecule has 0 spiro atoms. The van der Waals surface area contributed by atoms with E-state index >= 15 is 0 Å². The molecule has 4 heteroatoms. The van der Waals surface area contributed by atoms with Gasteiger partial charge in [-0.15, -0.1) is 0 Å². The van der Waals surface area contributed by atoms with E-state index in [1.54, 1.807) is 0 Å². The lowest BCUT2D eigenvalue weighted by molar-refractivity contribution is 0.514. The highest BCUT2D eigenvalue weighted by atomic mass is 32.2. The normalized spacial score (nSPS) is 12.3. The molecule has 1 N–H and O–H groups in total. The topological polar surface area (TPSA) is 52.2 Å². The van der Waals surface area contributed by atoms with Gasteiger partial charge in [0.2, 0.25) is 0 Å². The molecule has 1 atom stereocenters. The van der Waals surface area contributed by atoms with Gasteiger partial charge in [-0.1, -0.05) is 151 Å². The highest BCUT2D eigenvalue weighted by Crippen LogP contribution is 2.33. The zero-order chi connectivity index (χ0) is 25.4. The maximum Gasteiger partial charge on any atom is 0.0181 e. The third-order valence-electron chi connectivity index (χ3n) is 7.14. The summed E-state index contributed by atoms with van der Waals surface area (Å²) in [5.41, 5.74) is 0. The van der Waals surface area contributed by atoms with Gasteiger partial charge in [-0.25, -0.2) is 4.72 Å². The van der Waals surface area contributed by atoms with E-state index < -0.39 is 11.3 Å². The van der Waals surface area contributed by atoms with E-state index in [9.17, 15) is 8.76 Å². The van der Waals surface area contributed by atoms with Crippen molar-refractivity contribution in [2.24, 2.45) is 0 Å². The summed E-state index contributed by atoms with van der Waals surface area (Å²) in [6, 6.07) is 21.9. The number of hydrogen-bond acceptors (Lipinski definition) is 2. The Hall–Kier alpha value is -2.01. The Bertz CT molecular complexity index is 1030. The first-order valence-electron chi connectivity index (χ1n) is 14.2. The molecule has 0 aromatic heterocycles. The molecular weight excluding hydrogens is 462 g/mol. The van der Waals surface area contributed by atoms with Crippen molar-refractivity contribution in [3.05, 3.63) is 60.7 Å². The van der Waals surface area contributed by atoms with Crippen LogP contribution < -0.4 is 4.72 Å². The molecule has 1 unspecified atom stereocenters. The second-order valence-electron chi connectivity index (χ2n) is 10.0. The Balaban J connectivity index is 0.000000203. The first kappa shape index (κ1) is 28.6. The van der Waals surface area contributed by atoms with Crippen molar-refractivity contribution in [1.82, 2.24) is 4.72 Å². The molecule has 0 saturated carbocycles. The summed E-state index contributed by atoms with van der Waals surface area (Å²) in [6.45, 7) is 2.86. The van der Waals surface area contributed by atoms with Gasteiger partial charge in [-0.2, -0.15) is 0 Å². The van der Waals surface area contributed by atoms with Gasteiger partial charge in [0.25, 0.3) is 0 Å². The van der Waals surface area contributed by atoms with Gasteiger partial charge in [0.1, 0.15) is 0 Å². The zero-order valence-corrected chi connectivity index (χ0v) is 22.9. The Kier molecular flexibility index (Phi) is 13.2. The molecule has 0 fully saturated rings. The predicted octanol–water partition coefficient (Wildman–Crippen LogP) is 9.44. The maximum absolute atomic E-state index is 10.2. The number of unbranched alkanes of at least 4 members (excludes halogenated alkanes) is 13. The van der Waals surface area contributed by atoms with E-state index in [1.165, 1.54) is 109 Å². The molecule has 196 valence electrons. The summed E-state index contributed by atoms with van der Waals surface area (Å²) in [4.78, 5) is 0. The molecule has 0 bridgehead atoms. The second kappa shape index (κ2) is 16.7. The zero-order valence-electron chi connectivity index (χ0n) is 22.1. The largest absolute Gasteiger partial charge is 0.760 e. The van der Waals surface area contributed by atoms with E-state index in [0.717, 1.165) is 12.8 Å². The van der Waals surface area contributed by atoms with Crippen molar-refractivity contribution in [3.8, 4) is 0 Å². The van der Waals surface area contributed by atoms with Gasteiger partial charge in [0.05, 0.1) is 0 Å². The first-order chi connectivity index (χ1) is 17.7. The Morgan fingerprint density at radius 1 is 0.556 bits per heavy atom. The molecule has 0 aliphatic heterocycles. The van der Waals surface area contributed by atoms with Gasteiger partial charge in [0, 0.05) is 17.8 Å². The molecule has 0 aliphatic carbocycles. The van der Waals surface area contributed by atoms with Crippen molar-refractivity contribution in [3.63, 3.8) is 0 Å². The van der Waals surface area contributed by atoms with Crippen molar-refractivity contribution < 1.29 is 8.76 Å². The predicted molar refractivity (Wildman–Crippen MR) is 157 cm³/mol. The van der Waals surface area contributed by atoms with Gasteiger partial charge in [0.15, 0.2) is 0 Å². The quantitative estimate of drug-likeness (QED) is 0.0934. The van der Waals surface area contributed by atoms with E-state index in [1.807, 2.05) is 0 Å². The standard InChI is InChI=1S/C16H35NO2S.C16H10/c1-2-3-4-5-6-7-8-9-10-11-12-13-14-15-16-17-20(18)19;1-3-11-7-9-13-5-2-6-14-10-8-12(4-1)15(11)16(13)14/h17H,2-16H2,1H3,(H,18,19);1-10H/p-1. The number of rotatable bonds is 16. The summed E-state index contributed by atoms with van der Waals surface area (Å²) >= 11 is -2.08. The van der Waals surface area contributed by atoms with Crippen molar-refractivity contribution in [2.45, 2.75) is 96.8 Å². The van der Waals surface area contributed by atoms with E-state index in [4.69, 9.17) is 0 Å². The highest BCUT2D eigenvalue weighted by Gasteiger charge is 2.06. The third-order valence-corrected chi connectivity index (χ3v) is 7.58. The lowest BCUT2D eigenvalue weighted by atomic mass is 9.95. The van der Waals surface area contributed by atoms with Crippen LogP contribution in [0, 0.1) is 0 Å². The minimum atomic E-state index is -2.08. The average molecular weight is 507 g/mol. The highest BCUT2D eigenvalue weighted by molar-refractivity contribution is 7.77. The smallest absolute Gasteiger partial charge is 0.0181 e. The van der Waals surface area contributed by atoms with Crippen LogP contribution in [-0.2, 0) is 11.3 Å². The third kappa shape index (κ3) is 9.46. The minimum absolute atomic E-state index is 0.591. The van der Waals surface area contributed by atoms with E-state index in [-0.39, 0.29) is 0 Å². The molecule has 4 rings (SSSR count). The molecule has 0 radical (unpaired) electrons. The molecule has 3 nitrogen and oxygen atoms in total. The van der Waals surface area contributed by atoms with Gasteiger partial charge < -0.3 is 4.55 Å². The molecule has 4 aromatic rings. The van der Waals surface area contributed by atoms with Crippen molar-refractivity contribution in [2.75, 3.05) is 6.54 Å². The summed E-state index contributed by atoms with van der Waals surface area (Å²) in [7, 11) is 0. The van der Waals surface area contributed by atoms with Crippen LogP contribution in [0.2, 0.25) is 0 Å². The number of benzene rings is 4. The molecule has 0 heterocycles. The fourth-order valence-corrected chi connectivity index (χ4v) is 5.46. The number of nitrogens with one attached hydrogen (secondary N) is 1. The van der Waals surface area contributed by atoms with Gasteiger partial charge in [-0.3, -0.25) is 4.21 Å². The first-order valence-corrected chi connectivity index (χ1v) is 15.2. The molecule has 0 saturated heterocycles. The van der Waals surface area contributed by atoms with Gasteiger partial charge >= 0.3 is 0 Å². The molecule has 0 aliphatic rings. The molecule has 36 heavy (non-hydrogen) atoms. The minimum Gasteiger partial charge on any atom is -0.760 e. The number of hydrogen-bond donors (Lipinski definition) is 1. The summed E-state index contributed by atoms with van der Waals surface area (Å²) < 4.78 is 22.8. The van der Waals surface area contributed by atoms with Crippen LogP contribution in [0.5, 0.6) is 0 Å². The van der Waals surface area contributed by atoms with Crippen LogP contribution in [-0.4, -0.2) is 15.3 Å². The summed E-state index contributed by atoms with van der Waals surface area (Å²) in [5, 5.41) is 8.14. The maximum atomic E-state index is 10.2. The van der Waals surface area contributed by atoms with Crippen LogP contribution in [0.3, 0.4) is 0 Å².